The van der Waals surface area contributed by atoms with Gasteiger partial charge in [0.05, 0.1) is 0 Å². The van der Waals surface area contributed by atoms with Gasteiger partial charge in [-0.3, -0.25) is 4.90 Å². The average molecular weight is 401 g/mol. The number of nitrogens with one attached hydrogen (secondary N) is 1. The van der Waals surface area contributed by atoms with Crippen molar-refractivity contribution in [3.63, 3.8) is 0 Å². The van der Waals surface area contributed by atoms with Crippen LogP contribution in [0.3, 0.4) is 0 Å². The predicted octanol–water partition coefficient (Wildman–Crippen LogP) is 6.58. The third kappa shape index (κ3) is 5.38. The Morgan fingerprint density at radius 1 is 0.862 bits per heavy atom. The van der Waals surface area contributed by atoms with Crippen molar-refractivity contribution >= 4 is 28.6 Å². The third-order valence-corrected chi connectivity index (χ3v) is 5.42. The number of hydrogen-bond donors (Lipinski definition) is 1. The quantitative estimate of drug-likeness (QED) is 0.354. The van der Waals surface area contributed by atoms with Gasteiger partial charge in [-0.1, -0.05) is 84.4 Å². The molecule has 0 fully saturated rings. The molecule has 0 atom stereocenters. The van der Waals surface area contributed by atoms with Crippen LogP contribution in [0.15, 0.2) is 91.1 Å². The topological polar surface area (TPSA) is 19.0 Å². The highest BCUT2D eigenvalue weighted by Gasteiger charge is 2.08. The van der Waals surface area contributed by atoms with Crippen molar-refractivity contribution in [3.05, 3.63) is 113 Å². The maximum absolute atomic E-state index is 5.98. The minimum atomic E-state index is 0.770. The minimum absolute atomic E-state index is 0.770. The van der Waals surface area contributed by atoms with Gasteiger partial charge in [-0.05, 0) is 41.3 Å². The second-order valence-corrected chi connectivity index (χ2v) is 7.72. The van der Waals surface area contributed by atoms with Crippen LogP contribution in [-0.4, -0.2) is 23.0 Å². The normalized spacial score (nSPS) is 11.7. The molecule has 4 aromatic rings. The molecule has 0 saturated carbocycles. The molecule has 0 saturated heterocycles. The summed E-state index contributed by atoms with van der Waals surface area (Å²) < 4.78 is 0. The first kappa shape index (κ1) is 19.5. The molecule has 1 heterocycles. The summed E-state index contributed by atoms with van der Waals surface area (Å²) in [4.78, 5) is 5.88. The lowest BCUT2D eigenvalue weighted by Gasteiger charge is -2.21. The van der Waals surface area contributed by atoms with E-state index in [1.165, 1.54) is 27.6 Å². The summed E-state index contributed by atoms with van der Waals surface area (Å²) in [7, 11) is 0. The van der Waals surface area contributed by atoms with Crippen LogP contribution in [0.1, 0.15) is 16.7 Å². The number of hydrogen-bond acceptors (Lipinski definition) is 1. The fourth-order valence-corrected chi connectivity index (χ4v) is 3.73. The van der Waals surface area contributed by atoms with E-state index in [9.17, 15) is 0 Å². The van der Waals surface area contributed by atoms with E-state index in [4.69, 9.17) is 11.6 Å². The van der Waals surface area contributed by atoms with Crippen LogP contribution in [0, 0.1) is 0 Å². The number of benzene rings is 3. The Kier molecular flexibility index (Phi) is 6.45. The molecule has 4 rings (SSSR count). The highest BCUT2D eigenvalue weighted by Crippen LogP contribution is 2.19. The van der Waals surface area contributed by atoms with Crippen molar-refractivity contribution in [1.29, 1.82) is 0 Å². The largest absolute Gasteiger partial charge is 0.361 e. The fourth-order valence-electron chi connectivity index (χ4n) is 3.61. The second kappa shape index (κ2) is 9.60. The molecular formula is C26H25ClN2. The molecule has 1 N–H and O–H groups in total. The Morgan fingerprint density at radius 2 is 1.62 bits per heavy atom. The van der Waals surface area contributed by atoms with E-state index in [1.54, 1.807) is 0 Å². The van der Waals surface area contributed by atoms with Crippen molar-refractivity contribution in [3.8, 4) is 0 Å². The van der Waals surface area contributed by atoms with Crippen molar-refractivity contribution in [2.24, 2.45) is 0 Å². The number of fused-ring (bicyclic) bond motifs is 1. The molecule has 0 bridgehead atoms. The third-order valence-electron chi connectivity index (χ3n) is 5.17. The standard InChI is InChI=1S/C26H25ClN2/c27-24-14-12-21(13-15-24)9-6-17-29(20-22-7-2-1-3-8-22)18-16-23-19-28-26-11-5-4-10-25(23)26/h1-15,19,28H,16-18,20H2. The zero-order valence-corrected chi connectivity index (χ0v) is 17.1. The van der Waals surface area contributed by atoms with Crippen LogP contribution in [0.25, 0.3) is 17.0 Å². The van der Waals surface area contributed by atoms with Gasteiger partial charge in [0, 0.05) is 41.8 Å². The summed E-state index contributed by atoms with van der Waals surface area (Å²) >= 11 is 5.98. The highest BCUT2D eigenvalue weighted by atomic mass is 35.5. The Labute approximate surface area is 177 Å². The summed E-state index contributed by atoms with van der Waals surface area (Å²) in [5.74, 6) is 0. The Morgan fingerprint density at radius 3 is 2.45 bits per heavy atom. The molecule has 0 unspecified atom stereocenters. The number of rotatable bonds is 8. The SMILES string of the molecule is Clc1ccc(C=CCN(CCc2c[nH]c3ccccc23)Cc2ccccc2)cc1. The van der Waals surface area contributed by atoms with Gasteiger partial charge in [0.1, 0.15) is 0 Å². The van der Waals surface area contributed by atoms with Gasteiger partial charge in [0.2, 0.25) is 0 Å². The van der Waals surface area contributed by atoms with Crippen LogP contribution in [0.2, 0.25) is 5.02 Å². The molecule has 0 aliphatic rings. The molecule has 0 aliphatic heterocycles. The van der Waals surface area contributed by atoms with Crippen molar-refractivity contribution in [1.82, 2.24) is 9.88 Å². The second-order valence-electron chi connectivity index (χ2n) is 7.28. The summed E-state index contributed by atoms with van der Waals surface area (Å²) in [6.45, 7) is 2.84. The molecular weight excluding hydrogens is 376 g/mol. The number of halogens is 1. The first-order valence-corrected chi connectivity index (χ1v) is 10.4. The molecule has 146 valence electrons. The van der Waals surface area contributed by atoms with E-state index in [-0.39, 0.29) is 0 Å². The lowest BCUT2D eigenvalue weighted by Crippen LogP contribution is -2.25. The summed E-state index contributed by atoms with van der Waals surface area (Å²) in [5.41, 5.74) is 5.09. The summed E-state index contributed by atoms with van der Waals surface area (Å²) in [5, 5.41) is 2.09. The van der Waals surface area contributed by atoms with Gasteiger partial charge in [-0.15, -0.1) is 0 Å². The molecule has 0 amide bonds. The first-order chi connectivity index (χ1) is 14.3. The lowest BCUT2D eigenvalue weighted by molar-refractivity contribution is 0.299. The highest BCUT2D eigenvalue weighted by molar-refractivity contribution is 6.30. The predicted molar refractivity (Wildman–Crippen MR) is 124 cm³/mol. The van der Waals surface area contributed by atoms with Crippen molar-refractivity contribution in [2.45, 2.75) is 13.0 Å². The number of nitrogens with zero attached hydrogens (tertiary/aromatic N) is 1. The van der Waals surface area contributed by atoms with Crippen LogP contribution in [0.4, 0.5) is 0 Å². The van der Waals surface area contributed by atoms with E-state index in [0.717, 1.165) is 31.1 Å². The van der Waals surface area contributed by atoms with E-state index in [1.807, 2.05) is 24.3 Å². The molecule has 0 radical (unpaired) electrons. The van der Waals surface area contributed by atoms with Crippen LogP contribution >= 0.6 is 11.6 Å². The molecule has 0 spiro atoms. The molecule has 3 aromatic carbocycles. The van der Waals surface area contributed by atoms with Crippen LogP contribution in [-0.2, 0) is 13.0 Å². The van der Waals surface area contributed by atoms with Gasteiger partial charge in [0.25, 0.3) is 0 Å². The van der Waals surface area contributed by atoms with Crippen molar-refractivity contribution in [2.75, 3.05) is 13.1 Å². The summed E-state index contributed by atoms with van der Waals surface area (Å²) in [6.07, 6.45) is 7.57. The Bertz CT molecular complexity index is 1060. The van der Waals surface area contributed by atoms with Crippen molar-refractivity contribution < 1.29 is 0 Å². The zero-order chi connectivity index (χ0) is 19.9. The number of H-pyrrole nitrogens is 1. The van der Waals surface area contributed by atoms with E-state index < -0.39 is 0 Å². The smallest absolute Gasteiger partial charge is 0.0456 e. The molecule has 3 heteroatoms. The Hall–Kier alpha value is -2.81. The minimum Gasteiger partial charge on any atom is -0.361 e. The van der Waals surface area contributed by atoms with Crippen LogP contribution < -0.4 is 0 Å². The number of aromatic amines is 1. The zero-order valence-electron chi connectivity index (χ0n) is 16.4. The van der Waals surface area contributed by atoms with E-state index in [2.05, 4.69) is 82.8 Å². The average Bonchev–Trinajstić information content (AvgIpc) is 3.17. The molecule has 1 aromatic heterocycles. The van der Waals surface area contributed by atoms with E-state index in [0.29, 0.717) is 0 Å². The maximum atomic E-state index is 5.98. The van der Waals surface area contributed by atoms with Gasteiger partial charge in [-0.25, -0.2) is 0 Å². The van der Waals surface area contributed by atoms with E-state index >= 15 is 0 Å². The first-order valence-electron chi connectivity index (χ1n) is 10.0. The molecule has 2 nitrogen and oxygen atoms in total. The van der Waals surface area contributed by atoms with Gasteiger partial charge >= 0.3 is 0 Å². The maximum Gasteiger partial charge on any atom is 0.0456 e. The van der Waals surface area contributed by atoms with Crippen LogP contribution in [0.5, 0.6) is 0 Å². The molecule has 29 heavy (non-hydrogen) atoms. The lowest BCUT2D eigenvalue weighted by atomic mass is 10.1. The van der Waals surface area contributed by atoms with Gasteiger partial charge in [-0.2, -0.15) is 0 Å². The fraction of sp³-hybridized carbons (Fsp3) is 0.154. The monoisotopic (exact) mass is 400 g/mol. The number of aromatic nitrogens is 1. The van der Waals surface area contributed by atoms with Gasteiger partial charge < -0.3 is 4.98 Å². The summed E-state index contributed by atoms with van der Waals surface area (Å²) in [6, 6.07) is 27.1. The number of para-hydroxylation sites is 1. The molecule has 0 aliphatic carbocycles. The van der Waals surface area contributed by atoms with Gasteiger partial charge in [0.15, 0.2) is 0 Å². The Balaban J connectivity index is 1.44.